The Bertz CT molecular complexity index is 1560. The maximum absolute atomic E-state index is 12.9. The maximum Gasteiger partial charge on any atom is 0.306 e. The minimum Gasteiger partial charge on any atom is -0.462 e. The predicted octanol–water partition coefficient (Wildman–Crippen LogP) is 22.2. The summed E-state index contributed by atoms with van der Waals surface area (Å²) < 4.78 is 16.9. The van der Waals surface area contributed by atoms with E-state index in [0.29, 0.717) is 19.3 Å². The second-order valence-electron chi connectivity index (χ2n) is 21.3. The summed E-state index contributed by atoms with van der Waals surface area (Å²) in [6.07, 6.45) is 88.0. The van der Waals surface area contributed by atoms with Crippen LogP contribution in [0.15, 0.2) is 109 Å². The molecule has 0 fully saturated rings. The molecule has 1 atom stereocenters. The zero-order chi connectivity index (χ0) is 55.7. The Kier molecular flexibility index (Phi) is 61.3. The largest absolute Gasteiger partial charge is 0.462 e. The number of esters is 3. The van der Waals surface area contributed by atoms with Gasteiger partial charge in [-0.25, -0.2) is 0 Å². The molecule has 6 heteroatoms. The molecule has 6 nitrogen and oxygen atoms in total. The van der Waals surface area contributed by atoms with Crippen molar-refractivity contribution in [1.82, 2.24) is 0 Å². The molecule has 0 aliphatic heterocycles. The van der Waals surface area contributed by atoms with Crippen LogP contribution in [-0.2, 0) is 28.6 Å². The molecular weight excluding hydrogens is 949 g/mol. The highest BCUT2D eigenvalue weighted by atomic mass is 16.6. The fraction of sp³-hybridized carbons (Fsp3) is 0.704. The second kappa shape index (κ2) is 64.6. The minimum atomic E-state index is -0.792. The zero-order valence-corrected chi connectivity index (χ0v) is 50.4. The minimum absolute atomic E-state index is 0.0878. The van der Waals surface area contributed by atoms with Crippen molar-refractivity contribution in [2.24, 2.45) is 0 Å². The summed E-state index contributed by atoms with van der Waals surface area (Å²) in [4.78, 5) is 38.4. The lowest BCUT2D eigenvalue weighted by Gasteiger charge is -2.18. The van der Waals surface area contributed by atoms with Crippen molar-refractivity contribution in [2.45, 2.75) is 309 Å². The summed E-state index contributed by atoms with van der Waals surface area (Å²) in [5.41, 5.74) is 0. The average Bonchev–Trinajstić information content (AvgIpc) is 3.43. The van der Waals surface area contributed by atoms with Crippen LogP contribution in [0, 0.1) is 0 Å². The van der Waals surface area contributed by atoms with Gasteiger partial charge in [0, 0.05) is 19.3 Å². The lowest BCUT2D eigenvalue weighted by Crippen LogP contribution is -2.30. The molecule has 0 aliphatic rings. The summed E-state index contributed by atoms with van der Waals surface area (Å²) >= 11 is 0. The molecule has 0 rings (SSSR count). The lowest BCUT2D eigenvalue weighted by molar-refractivity contribution is -0.167. The van der Waals surface area contributed by atoms with Gasteiger partial charge < -0.3 is 14.2 Å². The van der Waals surface area contributed by atoms with Gasteiger partial charge in [-0.3, -0.25) is 14.4 Å². The van der Waals surface area contributed by atoms with Crippen LogP contribution in [0.2, 0.25) is 0 Å². The van der Waals surface area contributed by atoms with Crippen LogP contribution in [0.3, 0.4) is 0 Å². The number of carbonyl (C=O) groups excluding carboxylic acids is 3. The van der Waals surface area contributed by atoms with Crippen molar-refractivity contribution in [3.8, 4) is 0 Å². The van der Waals surface area contributed by atoms with E-state index in [1.54, 1.807) is 0 Å². The summed E-state index contributed by atoms with van der Waals surface area (Å²) in [7, 11) is 0. The van der Waals surface area contributed by atoms with Gasteiger partial charge in [0.2, 0.25) is 0 Å². The Morgan fingerprint density at radius 1 is 0.273 bits per heavy atom. The van der Waals surface area contributed by atoms with E-state index in [-0.39, 0.29) is 31.1 Å². The first-order chi connectivity index (χ1) is 38.0. The molecule has 1 unspecified atom stereocenters. The van der Waals surface area contributed by atoms with E-state index in [2.05, 4.69) is 130 Å². The van der Waals surface area contributed by atoms with E-state index in [4.69, 9.17) is 14.2 Å². The maximum atomic E-state index is 12.9. The van der Waals surface area contributed by atoms with E-state index < -0.39 is 6.10 Å². The van der Waals surface area contributed by atoms with Crippen molar-refractivity contribution in [3.05, 3.63) is 109 Å². The van der Waals surface area contributed by atoms with Crippen LogP contribution in [0.1, 0.15) is 303 Å². The van der Waals surface area contributed by atoms with Gasteiger partial charge >= 0.3 is 17.9 Å². The monoisotopic (exact) mass is 1070 g/mol. The van der Waals surface area contributed by atoms with E-state index in [0.717, 1.165) is 122 Å². The summed E-state index contributed by atoms with van der Waals surface area (Å²) in [5.74, 6) is -0.900. The van der Waals surface area contributed by atoms with Gasteiger partial charge in [-0.2, -0.15) is 0 Å². The molecule has 0 bridgehead atoms. The van der Waals surface area contributed by atoms with Crippen LogP contribution in [-0.4, -0.2) is 37.2 Å². The molecule has 0 saturated heterocycles. The average molecular weight is 1070 g/mol. The molecule has 0 amide bonds. The van der Waals surface area contributed by atoms with Gasteiger partial charge in [0.05, 0.1) is 0 Å². The molecule has 0 saturated carbocycles. The number of ether oxygens (including phenoxy) is 3. The first kappa shape index (κ1) is 73.1. The van der Waals surface area contributed by atoms with Crippen molar-refractivity contribution in [1.29, 1.82) is 0 Å². The number of unbranched alkanes of at least 4 members (excludes halogenated alkanes) is 29. The fourth-order valence-electron chi connectivity index (χ4n) is 8.95. The molecule has 77 heavy (non-hydrogen) atoms. The normalized spacial score (nSPS) is 12.8. The topological polar surface area (TPSA) is 78.9 Å². The van der Waals surface area contributed by atoms with Crippen molar-refractivity contribution in [3.63, 3.8) is 0 Å². The molecule has 0 heterocycles. The zero-order valence-electron chi connectivity index (χ0n) is 50.4. The van der Waals surface area contributed by atoms with E-state index in [1.165, 1.54) is 141 Å². The Morgan fingerprint density at radius 3 is 0.792 bits per heavy atom. The molecule has 0 spiro atoms. The van der Waals surface area contributed by atoms with Crippen LogP contribution in [0.4, 0.5) is 0 Å². The highest BCUT2D eigenvalue weighted by molar-refractivity contribution is 5.71. The Hall–Kier alpha value is -3.93. The van der Waals surface area contributed by atoms with E-state index in [1.807, 2.05) is 0 Å². The lowest BCUT2D eigenvalue weighted by atomic mass is 10.1. The fourth-order valence-corrected chi connectivity index (χ4v) is 8.95. The molecule has 0 radical (unpaired) electrons. The molecule has 0 aromatic carbocycles. The number of allylic oxidation sites excluding steroid dienone is 18. The van der Waals surface area contributed by atoms with E-state index >= 15 is 0 Å². The summed E-state index contributed by atoms with van der Waals surface area (Å²) in [5, 5.41) is 0. The number of hydrogen-bond acceptors (Lipinski definition) is 6. The second-order valence-corrected chi connectivity index (χ2v) is 21.3. The van der Waals surface area contributed by atoms with Crippen LogP contribution in [0.5, 0.6) is 0 Å². The molecule has 0 N–H and O–H groups in total. The SMILES string of the molecule is CC/C=C\C/C=C\C/C=C\C/C=C\CCCCCCCCCCC(=O)OCC(COC(=O)CCCCCCCCC/C=C\C/C=C\C/C=C\CC)OC(=O)CCCCCCCCCCC/C=C\C/C=C\CCCCCCC. The summed E-state index contributed by atoms with van der Waals surface area (Å²) in [6.45, 7) is 6.41. The smallest absolute Gasteiger partial charge is 0.306 e. The predicted molar refractivity (Wildman–Crippen MR) is 334 cm³/mol. The van der Waals surface area contributed by atoms with Crippen LogP contribution >= 0.6 is 0 Å². The number of hydrogen-bond donors (Lipinski definition) is 0. The Balaban J connectivity index is 4.42. The van der Waals surface area contributed by atoms with Crippen molar-refractivity contribution in [2.75, 3.05) is 13.2 Å². The van der Waals surface area contributed by atoms with Gasteiger partial charge in [0.15, 0.2) is 6.10 Å². The van der Waals surface area contributed by atoms with Crippen molar-refractivity contribution >= 4 is 17.9 Å². The highest BCUT2D eigenvalue weighted by Crippen LogP contribution is 2.16. The third kappa shape index (κ3) is 62.8. The Morgan fingerprint density at radius 2 is 0.506 bits per heavy atom. The third-order valence-corrected chi connectivity index (χ3v) is 13.7. The quantitative estimate of drug-likeness (QED) is 0.0261. The van der Waals surface area contributed by atoms with Gasteiger partial charge in [-0.1, -0.05) is 271 Å². The van der Waals surface area contributed by atoms with Crippen LogP contribution in [0.25, 0.3) is 0 Å². The van der Waals surface area contributed by atoms with Gasteiger partial charge in [-0.15, -0.1) is 0 Å². The molecule has 0 aromatic rings. The first-order valence-corrected chi connectivity index (χ1v) is 32.4. The standard InChI is InChI=1S/C71H120O6/c1-4-7-10-13-16-19-22-25-28-31-33-35-37-40-43-46-49-52-55-58-61-64-70(73)76-67-68(66-75-69(72)63-60-57-54-51-48-45-42-39-30-27-24-21-18-15-12-9-6-3)77-71(74)65-62-59-56-53-50-47-44-41-38-36-34-32-29-26-23-20-17-14-11-8-5-2/h7,9-10,12,16,18-19,21,23,25-28,30,32-35,68H,4-6,8,11,13-15,17,20,22,24,29,31,36-67H2,1-3H3/b10-7-,12-9-,19-16-,21-18-,26-23-,28-25-,30-27-,34-32-,35-33-. The number of carbonyl (C=O) groups is 3. The molecule has 0 aliphatic carbocycles. The highest BCUT2D eigenvalue weighted by Gasteiger charge is 2.19. The summed E-state index contributed by atoms with van der Waals surface area (Å²) in [6, 6.07) is 0. The van der Waals surface area contributed by atoms with Gasteiger partial charge in [0.25, 0.3) is 0 Å². The Labute approximate surface area is 476 Å². The molecular formula is C71H120O6. The van der Waals surface area contributed by atoms with Crippen molar-refractivity contribution < 1.29 is 28.6 Å². The van der Waals surface area contributed by atoms with Gasteiger partial charge in [-0.05, 0) is 122 Å². The molecule has 440 valence electrons. The first-order valence-electron chi connectivity index (χ1n) is 32.4. The van der Waals surface area contributed by atoms with Gasteiger partial charge in [0.1, 0.15) is 13.2 Å². The third-order valence-electron chi connectivity index (χ3n) is 13.7. The van der Waals surface area contributed by atoms with Crippen LogP contribution < -0.4 is 0 Å². The molecule has 0 aromatic heterocycles. The number of rotatable bonds is 58. The van der Waals surface area contributed by atoms with E-state index in [9.17, 15) is 14.4 Å².